The Morgan fingerprint density at radius 1 is 1.50 bits per heavy atom. The van der Waals surface area contributed by atoms with Gasteiger partial charge in [0.15, 0.2) is 0 Å². The van der Waals surface area contributed by atoms with Gasteiger partial charge in [-0.15, -0.1) is 0 Å². The summed E-state index contributed by atoms with van der Waals surface area (Å²) in [5.41, 5.74) is -0.0887. The van der Waals surface area contributed by atoms with E-state index in [0.717, 1.165) is 19.4 Å². The Kier molecular flexibility index (Phi) is 4.36. The van der Waals surface area contributed by atoms with Gasteiger partial charge < -0.3 is 9.84 Å². The number of ether oxygens (including phenoxy) is 1. The Morgan fingerprint density at radius 2 is 2.12 bits per heavy atom. The van der Waals surface area contributed by atoms with Gasteiger partial charge >= 0.3 is 5.97 Å². The molecule has 3 heteroatoms. The topological polar surface area (TPSA) is 46.5 Å². The van der Waals surface area contributed by atoms with Gasteiger partial charge in [-0.3, -0.25) is 4.79 Å². The number of carboxylic acid groups (broad SMARTS) is 1. The molecule has 1 heterocycles. The van der Waals surface area contributed by atoms with Gasteiger partial charge in [-0.1, -0.05) is 13.8 Å². The monoisotopic (exact) mass is 228 g/mol. The Morgan fingerprint density at radius 3 is 2.56 bits per heavy atom. The smallest absolute Gasteiger partial charge is 0.303 e. The molecule has 0 bridgehead atoms. The number of carboxylic acids is 1. The van der Waals surface area contributed by atoms with E-state index in [1.165, 1.54) is 0 Å². The molecule has 1 aliphatic heterocycles. The largest absolute Gasteiger partial charge is 0.481 e. The summed E-state index contributed by atoms with van der Waals surface area (Å²) in [4.78, 5) is 10.9. The molecule has 2 atom stereocenters. The zero-order chi connectivity index (χ0) is 12.3. The highest BCUT2D eigenvalue weighted by Gasteiger charge is 2.35. The zero-order valence-corrected chi connectivity index (χ0v) is 10.8. The molecule has 0 aromatic rings. The third-order valence-electron chi connectivity index (χ3n) is 3.61. The van der Waals surface area contributed by atoms with Crippen LogP contribution in [0.2, 0.25) is 0 Å². The second kappa shape index (κ2) is 5.17. The summed E-state index contributed by atoms with van der Waals surface area (Å²) in [5.74, 6) is 0.513. The average Bonchev–Trinajstić information content (AvgIpc) is 2.11. The molecule has 16 heavy (non-hydrogen) atoms. The molecule has 94 valence electrons. The Bertz CT molecular complexity index is 246. The van der Waals surface area contributed by atoms with Gasteiger partial charge in [0.25, 0.3) is 0 Å². The standard InChI is InChI=1S/C13H24O3/c1-9(2)11(7-12(14)15)10-5-6-16-13(3,4)8-10/h9-11H,5-8H2,1-4H3,(H,14,15). The highest BCUT2D eigenvalue weighted by molar-refractivity contribution is 5.67. The predicted octanol–water partition coefficient (Wildman–Crippen LogP) is 2.94. The van der Waals surface area contributed by atoms with Crippen LogP contribution >= 0.6 is 0 Å². The number of carbonyl (C=O) groups is 1. The van der Waals surface area contributed by atoms with Crippen LogP contribution < -0.4 is 0 Å². The van der Waals surface area contributed by atoms with Crippen LogP contribution in [0.5, 0.6) is 0 Å². The summed E-state index contributed by atoms with van der Waals surface area (Å²) >= 11 is 0. The van der Waals surface area contributed by atoms with Crippen LogP contribution in [-0.2, 0) is 9.53 Å². The third-order valence-corrected chi connectivity index (χ3v) is 3.61. The van der Waals surface area contributed by atoms with Gasteiger partial charge in [-0.05, 0) is 44.4 Å². The SMILES string of the molecule is CC(C)C(CC(=O)O)C1CCOC(C)(C)C1. The van der Waals surface area contributed by atoms with Gasteiger partial charge in [-0.2, -0.15) is 0 Å². The van der Waals surface area contributed by atoms with Crippen LogP contribution in [0.3, 0.4) is 0 Å². The van der Waals surface area contributed by atoms with Crippen molar-refractivity contribution in [3.05, 3.63) is 0 Å². The van der Waals surface area contributed by atoms with E-state index in [2.05, 4.69) is 27.7 Å². The number of rotatable bonds is 4. The number of hydrogen-bond acceptors (Lipinski definition) is 2. The third kappa shape index (κ3) is 3.78. The van der Waals surface area contributed by atoms with Crippen molar-refractivity contribution in [3.63, 3.8) is 0 Å². The molecule has 1 N–H and O–H groups in total. The molecule has 1 aliphatic rings. The first-order valence-electron chi connectivity index (χ1n) is 6.17. The fraction of sp³-hybridized carbons (Fsp3) is 0.923. The van der Waals surface area contributed by atoms with E-state index in [0.29, 0.717) is 18.3 Å². The van der Waals surface area contributed by atoms with Crippen molar-refractivity contribution < 1.29 is 14.6 Å². The van der Waals surface area contributed by atoms with Crippen molar-refractivity contribution in [2.24, 2.45) is 17.8 Å². The van der Waals surface area contributed by atoms with Gasteiger partial charge in [-0.25, -0.2) is 0 Å². The average molecular weight is 228 g/mol. The van der Waals surface area contributed by atoms with E-state index < -0.39 is 5.97 Å². The molecule has 1 rings (SSSR count). The van der Waals surface area contributed by atoms with Crippen molar-refractivity contribution in [2.45, 2.75) is 52.6 Å². The summed E-state index contributed by atoms with van der Waals surface area (Å²) in [5, 5.41) is 8.96. The lowest BCUT2D eigenvalue weighted by Crippen LogP contribution is -2.38. The molecule has 0 radical (unpaired) electrons. The van der Waals surface area contributed by atoms with Gasteiger partial charge in [0.2, 0.25) is 0 Å². The van der Waals surface area contributed by atoms with Crippen LogP contribution in [0.15, 0.2) is 0 Å². The maximum absolute atomic E-state index is 10.9. The molecule has 0 spiro atoms. The Balaban J connectivity index is 2.67. The van der Waals surface area contributed by atoms with Crippen molar-refractivity contribution >= 4 is 5.97 Å². The fourth-order valence-electron chi connectivity index (χ4n) is 2.79. The highest BCUT2D eigenvalue weighted by atomic mass is 16.5. The van der Waals surface area contributed by atoms with Crippen LogP contribution in [0.1, 0.15) is 47.0 Å². The Hall–Kier alpha value is -0.570. The molecule has 0 saturated carbocycles. The van der Waals surface area contributed by atoms with E-state index in [1.54, 1.807) is 0 Å². The second-order valence-electron chi connectivity index (χ2n) is 5.87. The molecule has 0 aromatic carbocycles. The molecule has 1 fully saturated rings. The maximum Gasteiger partial charge on any atom is 0.303 e. The summed E-state index contributed by atoms with van der Waals surface area (Å²) in [6.45, 7) is 9.20. The molecule has 0 amide bonds. The molecular weight excluding hydrogens is 204 g/mol. The summed E-state index contributed by atoms with van der Waals surface area (Å²) in [6, 6.07) is 0. The summed E-state index contributed by atoms with van der Waals surface area (Å²) in [7, 11) is 0. The van der Waals surface area contributed by atoms with E-state index >= 15 is 0 Å². The van der Waals surface area contributed by atoms with Gasteiger partial charge in [0.1, 0.15) is 0 Å². The minimum absolute atomic E-state index is 0.0887. The normalized spacial score (nSPS) is 26.7. The van der Waals surface area contributed by atoms with E-state index in [1.807, 2.05) is 0 Å². The van der Waals surface area contributed by atoms with Crippen molar-refractivity contribution in [2.75, 3.05) is 6.61 Å². The molecule has 0 aromatic heterocycles. The van der Waals surface area contributed by atoms with E-state index in [4.69, 9.17) is 9.84 Å². The number of aliphatic carboxylic acids is 1. The minimum atomic E-state index is -0.678. The van der Waals surface area contributed by atoms with Crippen molar-refractivity contribution in [1.29, 1.82) is 0 Å². The molecule has 3 nitrogen and oxygen atoms in total. The first-order chi connectivity index (χ1) is 7.32. The lowest BCUT2D eigenvalue weighted by molar-refractivity contribution is -0.141. The van der Waals surface area contributed by atoms with Gasteiger partial charge in [0.05, 0.1) is 5.60 Å². The van der Waals surface area contributed by atoms with E-state index in [9.17, 15) is 4.79 Å². The van der Waals surface area contributed by atoms with Crippen LogP contribution in [0.25, 0.3) is 0 Å². The zero-order valence-electron chi connectivity index (χ0n) is 10.8. The second-order valence-corrected chi connectivity index (χ2v) is 5.87. The van der Waals surface area contributed by atoms with Crippen LogP contribution in [-0.4, -0.2) is 23.3 Å². The quantitative estimate of drug-likeness (QED) is 0.804. The summed E-state index contributed by atoms with van der Waals surface area (Å²) in [6.07, 6.45) is 2.26. The van der Waals surface area contributed by atoms with Gasteiger partial charge in [0, 0.05) is 13.0 Å². The first-order valence-corrected chi connectivity index (χ1v) is 6.17. The maximum atomic E-state index is 10.9. The van der Waals surface area contributed by atoms with Crippen molar-refractivity contribution in [3.8, 4) is 0 Å². The van der Waals surface area contributed by atoms with E-state index in [-0.39, 0.29) is 11.5 Å². The minimum Gasteiger partial charge on any atom is -0.481 e. The van der Waals surface area contributed by atoms with Crippen LogP contribution in [0, 0.1) is 17.8 Å². The van der Waals surface area contributed by atoms with Crippen LogP contribution in [0.4, 0.5) is 0 Å². The molecule has 2 unspecified atom stereocenters. The lowest BCUT2D eigenvalue weighted by atomic mass is 9.73. The number of hydrogen-bond donors (Lipinski definition) is 1. The molecule has 1 saturated heterocycles. The molecular formula is C13H24O3. The lowest BCUT2D eigenvalue weighted by Gasteiger charge is -2.40. The summed E-state index contributed by atoms with van der Waals surface area (Å²) < 4.78 is 5.68. The Labute approximate surface area is 98.2 Å². The van der Waals surface area contributed by atoms with Crippen molar-refractivity contribution in [1.82, 2.24) is 0 Å². The first kappa shape index (κ1) is 13.5. The predicted molar refractivity (Wildman–Crippen MR) is 63.3 cm³/mol. The fourth-order valence-corrected chi connectivity index (χ4v) is 2.79. The highest BCUT2D eigenvalue weighted by Crippen LogP contribution is 2.37. The molecule has 0 aliphatic carbocycles.